The van der Waals surface area contributed by atoms with E-state index in [0.717, 1.165) is 77.0 Å². The molecule has 1 N–H and O–H groups in total. The molecule has 0 rings (SSSR count). The van der Waals surface area contributed by atoms with Gasteiger partial charge in [0.2, 0.25) is 5.91 Å². The summed E-state index contributed by atoms with van der Waals surface area (Å²) >= 11 is 0. The van der Waals surface area contributed by atoms with Crippen molar-refractivity contribution in [2.45, 2.75) is 272 Å². The predicted octanol–water partition coefficient (Wildman–Crippen LogP) is 14.5. The number of rotatable bonds is 44. The van der Waals surface area contributed by atoms with Gasteiger partial charge in [-0.25, -0.2) is 0 Å². The third-order valence-electron chi connectivity index (χ3n) is 12.3. The van der Waals surface area contributed by atoms with Crippen LogP contribution in [0.4, 0.5) is 0 Å². The van der Waals surface area contributed by atoms with Crippen LogP contribution in [0.5, 0.6) is 0 Å². The van der Waals surface area contributed by atoms with Gasteiger partial charge in [0.1, 0.15) is 0 Å². The minimum Gasteiger partial charge on any atom is -0.466 e. The highest BCUT2D eigenvalue weighted by molar-refractivity contribution is 5.78. The molecule has 0 spiro atoms. The van der Waals surface area contributed by atoms with Crippen molar-refractivity contribution in [1.82, 2.24) is 10.2 Å². The summed E-state index contributed by atoms with van der Waals surface area (Å²) in [4.78, 5) is 40.0. The first-order chi connectivity index (χ1) is 28.2. The molecular formula is C51H100N2O5. The second-order valence-corrected chi connectivity index (χ2v) is 18.4. The van der Waals surface area contributed by atoms with Crippen LogP contribution in [-0.2, 0) is 23.9 Å². The molecule has 0 unspecified atom stereocenters. The van der Waals surface area contributed by atoms with E-state index in [9.17, 15) is 14.4 Å². The van der Waals surface area contributed by atoms with E-state index in [1.807, 2.05) is 7.05 Å². The number of nitrogens with one attached hydrogen (secondary N) is 1. The fraction of sp³-hybridized carbons (Fsp3) is 0.941. The highest BCUT2D eigenvalue weighted by Crippen LogP contribution is 2.23. The first-order valence-electron chi connectivity index (χ1n) is 25.5. The summed E-state index contributed by atoms with van der Waals surface area (Å²) in [6.07, 6.45) is 39.1. The average Bonchev–Trinajstić information content (AvgIpc) is 3.19. The van der Waals surface area contributed by atoms with Crippen molar-refractivity contribution >= 4 is 17.8 Å². The normalized spacial score (nSPS) is 11.8. The van der Waals surface area contributed by atoms with E-state index in [1.54, 1.807) is 0 Å². The van der Waals surface area contributed by atoms with E-state index >= 15 is 0 Å². The van der Waals surface area contributed by atoms with Crippen molar-refractivity contribution in [3.63, 3.8) is 0 Å². The van der Waals surface area contributed by atoms with Gasteiger partial charge in [-0.1, -0.05) is 182 Å². The van der Waals surface area contributed by atoms with Crippen LogP contribution in [0.1, 0.15) is 260 Å². The van der Waals surface area contributed by atoms with Crippen LogP contribution in [0.2, 0.25) is 0 Å². The quantitative estimate of drug-likeness (QED) is 0.0487. The molecule has 0 saturated heterocycles. The molecule has 7 nitrogen and oxygen atoms in total. The second kappa shape index (κ2) is 42.1. The maximum absolute atomic E-state index is 12.9. The lowest BCUT2D eigenvalue weighted by Crippen LogP contribution is -2.42. The van der Waals surface area contributed by atoms with E-state index in [0.29, 0.717) is 50.5 Å². The zero-order valence-corrected chi connectivity index (χ0v) is 40.0. The lowest BCUT2D eigenvalue weighted by Gasteiger charge is -2.23. The summed E-state index contributed by atoms with van der Waals surface area (Å²) in [7, 11) is 2.02. The molecule has 0 aromatic carbocycles. The van der Waals surface area contributed by atoms with Gasteiger partial charge in [0.15, 0.2) is 0 Å². The lowest BCUT2D eigenvalue weighted by atomic mass is 9.92. The van der Waals surface area contributed by atoms with E-state index < -0.39 is 0 Å². The number of amides is 1. The van der Waals surface area contributed by atoms with Crippen LogP contribution in [0.25, 0.3) is 0 Å². The van der Waals surface area contributed by atoms with Gasteiger partial charge in [0, 0.05) is 24.9 Å². The van der Waals surface area contributed by atoms with Crippen molar-refractivity contribution in [2.75, 3.05) is 26.8 Å². The Hall–Kier alpha value is -1.63. The largest absolute Gasteiger partial charge is 0.466 e. The number of hydrogen-bond donors (Lipinski definition) is 1. The number of unbranched alkanes of at least 4 members (excludes halogenated alkanes) is 20. The highest BCUT2D eigenvalue weighted by atomic mass is 16.5. The summed E-state index contributed by atoms with van der Waals surface area (Å²) in [5.74, 6) is 1.16. The van der Waals surface area contributed by atoms with Crippen LogP contribution in [0.3, 0.4) is 0 Å². The fourth-order valence-corrected chi connectivity index (χ4v) is 8.11. The second-order valence-electron chi connectivity index (χ2n) is 18.4. The zero-order chi connectivity index (χ0) is 42.9. The summed E-state index contributed by atoms with van der Waals surface area (Å²) in [6.45, 7) is 14.8. The van der Waals surface area contributed by atoms with E-state index in [4.69, 9.17) is 9.47 Å². The Kier molecular flexibility index (Phi) is 40.9. The molecule has 0 atom stereocenters. The average molecular weight is 821 g/mol. The monoisotopic (exact) mass is 821 g/mol. The summed E-state index contributed by atoms with van der Waals surface area (Å²) in [6, 6.07) is 0.609. The molecule has 344 valence electrons. The van der Waals surface area contributed by atoms with Crippen LogP contribution in [-0.4, -0.2) is 61.6 Å². The standard InChI is InChI=1S/C51H100N2O5/c1-8-12-26-34-46(35-27-13-9-2)42-50(55)57-40-32-24-20-16-18-22-30-38-48(52-49(54)44-53(7)45(5)6)39-31-23-19-17-21-25-33-41-58-51(56)43-47(36-28-14-10-3)37-29-15-11-4/h45-48H,8-44H2,1-7H3,(H,52,54). The Morgan fingerprint density at radius 3 is 1.09 bits per heavy atom. The molecule has 0 saturated carbocycles. The molecule has 0 aromatic rings. The lowest BCUT2D eigenvalue weighted by molar-refractivity contribution is -0.146. The molecule has 7 heteroatoms. The van der Waals surface area contributed by atoms with Gasteiger partial charge in [0.25, 0.3) is 0 Å². The van der Waals surface area contributed by atoms with Crippen LogP contribution < -0.4 is 5.32 Å². The Morgan fingerprint density at radius 1 is 0.448 bits per heavy atom. The minimum absolute atomic E-state index is 0.0103. The third kappa shape index (κ3) is 37.4. The molecule has 0 fully saturated rings. The van der Waals surface area contributed by atoms with Crippen LogP contribution in [0.15, 0.2) is 0 Å². The summed E-state index contributed by atoms with van der Waals surface area (Å²) in [5.41, 5.74) is 0. The van der Waals surface area contributed by atoms with Gasteiger partial charge >= 0.3 is 11.9 Å². The topological polar surface area (TPSA) is 84.9 Å². The molecule has 0 radical (unpaired) electrons. The third-order valence-corrected chi connectivity index (χ3v) is 12.3. The molecular weight excluding hydrogens is 721 g/mol. The van der Waals surface area contributed by atoms with Crippen molar-refractivity contribution in [3.8, 4) is 0 Å². The highest BCUT2D eigenvalue weighted by Gasteiger charge is 2.17. The molecule has 58 heavy (non-hydrogen) atoms. The number of carbonyl (C=O) groups excluding carboxylic acids is 3. The first-order valence-corrected chi connectivity index (χ1v) is 25.5. The minimum atomic E-state index is 0.0103. The number of esters is 2. The van der Waals surface area contributed by atoms with Crippen LogP contribution >= 0.6 is 0 Å². The number of hydrogen-bond acceptors (Lipinski definition) is 6. The Labute approximate surface area is 361 Å². The molecule has 0 aliphatic rings. The van der Waals surface area contributed by atoms with Crippen LogP contribution in [0, 0.1) is 11.8 Å². The first kappa shape index (κ1) is 56.4. The molecule has 0 bridgehead atoms. The molecule has 0 aromatic heterocycles. The Bertz CT molecular complexity index is 849. The smallest absolute Gasteiger partial charge is 0.306 e. The van der Waals surface area contributed by atoms with Gasteiger partial charge in [-0.15, -0.1) is 0 Å². The van der Waals surface area contributed by atoms with Crippen molar-refractivity contribution in [1.29, 1.82) is 0 Å². The van der Waals surface area contributed by atoms with Crippen molar-refractivity contribution in [3.05, 3.63) is 0 Å². The summed E-state index contributed by atoms with van der Waals surface area (Å²) < 4.78 is 11.3. The van der Waals surface area contributed by atoms with Crippen molar-refractivity contribution in [2.24, 2.45) is 11.8 Å². The zero-order valence-electron chi connectivity index (χ0n) is 40.0. The number of likely N-dealkylation sites (N-methyl/N-ethyl adjacent to an activating group) is 1. The Balaban J connectivity index is 4.28. The van der Waals surface area contributed by atoms with E-state index in [-0.39, 0.29) is 23.9 Å². The maximum atomic E-state index is 12.9. The van der Waals surface area contributed by atoms with Crippen molar-refractivity contribution < 1.29 is 23.9 Å². The number of carbonyl (C=O) groups is 3. The molecule has 1 amide bonds. The predicted molar refractivity (Wildman–Crippen MR) is 248 cm³/mol. The molecule has 0 aliphatic carbocycles. The fourth-order valence-electron chi connectivity index (χ4n) is 8.11. The molecule has 0 aliphatic heterocycles. The van der Waals surface area contributed by atoms with Gasteiger partial charge in [-0.3, -0.25) is 19.3 Å². The van der Waals surface area contributed by atoms with E-state index in [1.165, 1.54) is 128 Å². The molecule has 0 heterocycles. The van der Waals surface area contributed by atoms with Gasteiger partial charge < -0.3 is 14.8 Å². The maximum Gasteiger partial charge on any atom is 0.306 e. The SMILES string of the molecule is CCCCCC(CCCCC)CC(=O)OCCCCCCCCCC(CCCCCCCCCOC(=O)CC(CCCCC)CCCCC)NC(=O)CN(C)C(C)C. The number of nitrogens with zero attached hydrogens (tertiary/aromatic N) is 1. The van der Waals surface area contributed by atoms with Gasteiger partial charge in [-0.05, 0) is 84.1 Å². The number of ether oxygens (including phenoxy) is 2. The van der Waals surface area contributed by atoms with Gasteiger partial charge in [-0.2, -0.15) is 0 Å². The van der Waals surface area contributed by atoms with E-state index in [2.05, 4.69) is 51.8 Å². The summed E-state index contributed by atoms with van der Waals surface area (Å²) in [5, 5.41) is 3.38. The Morgan fingerprint density at radius 2 is 0.759 bits per heavy atom. The van der Waals surface area contributed by atoms with Gasteiger partial charge in [0.05, 0.1) is 19.8 Å².